The average molecular weight is 297 g/mol. The van der Waals surface area contributed by atoms with Crippen molar-refractivity contribution in [3.05, 3.63) is 22.2 Å². The molecule has 0 spiro atoms. The number of rotatable bonds is 5. The van der Waals surface area contributed by atoms with Gasteiger partial charge in [-0.15, -0.1) is 0 Å². The highest BCUT2D eigenvalue weighted by Crippen LogP contribution is 2.31. The van der Waals surface area contributed by atoms with Gasteiger partial charge in [0.1, 0.15) is 0 Å². The molecule has 21 heavy (non-hydrogen) atoms. The molecule has 0 aromatic carbocycles. The highest BCUT2D eigenvalue weighted by Gasteiger charge is 2.31. The first-order chi connectivity index (χ1) is 10.0. The quantitative estimate of drug-likeness (QED) is 0.623. The molecule has 1 N–H and O–H groups in total. The third-order valence-electron chi connectivity index (χ3n) is 3.14. The molecule has 2 rings (SSSR count). The maximum absolute atomic E-state index is 11.1. The van der Waals surface area contributed by atoms with E-state index in [0.717, 1.165) is 0 Å². The van der Waals surface area contributed by atoms with Gasteiger partial charge in [-0.05, 0) is 0 Å². The minimum Gasteiger partial charge on any atom is -0.481 e. The summed E-state index contributed by atoms with van der Waals surface area (Å²) >= 11 is 0. The Hall–Kier alpha value is -2.42. The number of methoxy groups -OCH3 is 1. The summed E-state index contributed by atoms with van der Waals surface area (Å²) in [6.45, 7) is 0.869. The Morgan fingerprint density at radius 1 is 1.67 bits per heavy atom. The summed E-state index contributed by atoms with van der Waals surface area (Å²) in [4.78, 5) is 27.2. The number of hydrogen-bond donors (Lipinski definition) is 1. The summed E-state index contributed by atoms with van der Waals surface area (Å²) in [6, 6.07) is 2.19. The lowest BCUT2D eigenvalue weighted by atomic mass is 10.1. The molecule has 114 valence electrons. The van der Waals surface area contributed by atoms with E-state index in [4.69, 9.17) is 14.6 Å². The lowest BCUT2D eigenvalue weighted by Gasteiger charge is -2.35. The minimum absolute atomic E-state index is 0.105. The first-order valence-corrected chi connectivity index (χ1v) is 6.28. The van der Waals surface area contributed by atoms with Crippen LogP contribution in [0.3, 0.4) is 0 Å². The lowest BCUT2D eigenvalue weighted by Crippen LogP contribution is -2.47. The van der Waals surface area contributed by atoms with Gasteiger partial charge in [0.2, 0.25) is 11.7 Å². The Balaban J connectivity index is 2.40. The van der Waals surface area contributed by atoms with Gasteiger partial charge in [-0.2, -0.15) is 4.98 Å². The van der Waals surface area contributed by atoms with E-state index in [-0.39, 0.29) is 30.4 Å². The largest absolute Gasteiger partial charge is 0.481 e. The van der Waals surface area contributed by atoms with Crippen molar-refractivity contribution in [3.63, 3.8) is 0 Å². The molecule has 0 bridgehead atoms. The number of pyridine rings is 1. The van der Waals surface area contributed by atoms with Crippen LogP contribution in [0.4, 0.5) is 11.5 Å². The minimum atomic E-state index is -0.999. The van der Waals surface area contributed by atoms with Gasteiger partial charge >= 0.3 is 11.7 Å². The van der Waals surface area contributed by atoms with Gasteiger partial charge in [-0.25, -0.2) is 0 Å². The van der Waals surface area contributed by atoms with E-state index in [1.54, 1.807) is 4.90 Å². The molecule has 1 unspecified atom stereocenters. The Morgan fingerprint density at radius 3 is 3.05 bits per heavy atom. The van der Waals surface area contributed by atoms with Gasteiger partial charge in [0, 0.05) is 18.7 Å². The summed E-state index contributed by atoms with van der Waals surface area (Å²) in [5.41, 5.74) is -0.187. The molecule has 1 aromatic heterocycles. The van der Waals surface area contributed by atoms with Gasteiger partial charge in [-0.3, -0.25) is 14.9 Å². The predicted molar refractivity (Wildman–Crippen MR) is 71.6 cm³/mol. The van der Waals surface area contributed by atoms with E-state index in [9.17, 15) is 14.9 Å². The second kappa shape index (κ2) is 6.35. The molecular formula is C12H15N3O6. The van der Waals surface area contributed by atoms with Crippen molar-refractivity contribution >= 4 is 17.5 Å². The zero-order valence-corrected chi connectivity index (χ0v) is 11.4. The van der Waals surface area contributed by atoms with Crippen LogP contribution in [-0.4, -0.2) is 53.9 Å². The highest BCUT2D eigenvalue weighted by atomic mass is 16.6. The first-order valence-electron chi connectivity index (χ1n) is 6.28. The highest BCUT2D eigenvalue weighted by molar-refractivity contribution is 5.69. The SMILES string of the molecule is COc1ccc([N+](=O)[O-])c(N2CCOCC2CC(=O)O)n1. The van der Waals surface area contributed by atoms with E-state index in [1.807, 2.05) is 0 Å². The molecule has 1 aromatic rings. The van der Waals surface area contributed by atoms with Crippen LogP contribution < -0.4 is 9.64 Å². The topological polar surface area (TPSA) is 115 Å². The monoisotopic (exact) mass is 297 g/mol. The van der Waals surface area contributed by atoms with E-state index in [0.29, 0.717) is 13.2 Å². The second-order valence-electron chi connectivity index (χ2n) is 4.47. The van der Waals surface area contributed by atoms with Crippen molar-refractivity contribution in [2.45, 2.75) is 12.5 Å². The Bertz CT molecular complexity index is 550. The van der Waals surface area contributed by atoms with E-state index < -0.39 is 16.9 Å². The zero-order valence-electron chi connectivity index (χ0n) is 11.4. The standard InChI is InChI=1S/C12H15N3O6/c1-20-10-3-2-9(15(18)19)12(13-10)14-4-5-21-7-8(14)6-11(16)17/h2-3,8H,4-7H2,1H3,(H,16,17). The van der Waals surface area contributed by atoms with Crippen molar-refractivity contribution in [2.75, 3.05) is 31.8 Å². The number of carbonyl (C=O) groups is 1. The fraction of sp³-hybridized carbons (Fsp3) is 0.500. The summed E-state index contributed by atoms with van der Waals surface area (Å²) in [6.07, 6.45) is -0.184. The van der Waals surface area contributed by atoms with Crippen molar-refractivity contribution < 1.29 is 24.3 Å². The molecule has 9 nitrogen and oxygen atoms in total. The normalized spacial score (nSPS) is 18.3. The van der Waals surface area contributed by atoms with E-state index in [2.05, 4.69) is 4.98 Å². The van der Waals surface area contributed by atoms with Crippen LogP contribution in [0.5, 0.6) is 5.88 Å². The molecule has 0 radical (unpaired) electrons. The fourth-order valence-electron chi connectivity index (χ4n) is 2.20. The van der Waals surface area contributed by atoms with Crippen LogP contribution in [-0.2, 0) is 9.53 Å². The average Bonchev–Trinajstić information content (AvgIpc) is 2.46. The van der Waals surface area contributed by atoms with Gasteiger partial charge in [-0.1, -0.05) is 0 Å². The number of anilines is 1. The molecule has 1 aliphatic rings. The Kier molecular flexibility index (Phi) is 4.53. The number of aliphatic carboxylic acids is 1. The van der Waals surface area contributed by atoms with Gasteiger partial charge in [0.05, 0.1) is 37.7 Å². The van der Waals surface area contributed by atoms with Gasteiger partial charge in [0.15, 0.2) is 0 Å². The van der Waals surface area contributed by atoms with Crippen LogP contribution in [0, 0.1) is 10.1 Å². The maximum Gasteiger partial charge on any atom is 0.311 e. The number of nitro groups is 1. The number of nitrogens with zero attached hydrogens (tertiary/aromatic N) is 3. The summed E-state index contributed by atoms with van der Waals surface area (Å²) in [5, 5.41) is 20.1. The van der Waals surface area contributed by atoms with E-state index in [1.165, 1.54) is 19.2 Å². The predicted octanol–water partition coefficient (Wildman–Crippen LogP) is 0.678. The van der Waals surface area contributed by atoms with Gasteiger partial charge < -0.3 is 19.5 Å². The number of carboxylic acids is 1. The molecule has 1 saturated heterocycles. The second-order valence-corrected chi connectivity index (χ2v) is 4.47. The molecule has 9 heteroatoms. The van der Waals surface area contributed by atoms with Crippen molar-refractivity contribution in [1.82, 2.24) is 4.98 Å². The lowest BCUT2D eigenvalue weighted by molar-refractivity contribution is -0.384. The van der Waals surface area contributed by atoms with Crippen LogP contribution in [0.15, 0.2) is 12.1 Å². The van der Waals surface area contributed by atoms with Crippen molar-refractivity contribution in [3.8, 4) is 5.88 Å². The zero-order chi connectivity index (χ0) is 15.4. The van der Waals surface area contributed by atoms with Crippen molar-refractivity contribution in [2.24, 2.45) is 0 Å². The number of morpholine rings is 1. The Labute approximate surface area is 120 Å². The summed E-state index contributed by atoms with van der Waals surface area (Å²) in [7, 11) is 1.41. The molecule has 0 amide bonds. The molecule has 1 atom stereocenters. The third-order valence-corrected chi connectivity index (χ3v) is 3.14. The number of carboxylic acid groups (broad SMARTS) is 1. The van der Waals surface area contributed by atoms with E-state index >= 15 is 0 Å². The number of aromatic nitrogens is 1. The molecule has 0 aliphatic carbocycles. The first kappa shape index (κ1) is 15.0. The molecular weight excluding hydrogens is 282 g/mol. The Morgan fingerprint density at radius 2 is 2.43 bits per heavy atom. The summed E-state index contributed by atoms with van der Waals surface area (Å²) < 4.78 is 10.2. The van der Waals surface area contributed by atoms with Crippen LogP contribution >= 0.6 is 0 Å². The maximum atomic E-state index is 11.1. The molecule has 1 aliphatic heterocycles. The summed E-state index contributed by atoms with van der Waals surface area (Å²) in [5.74, 6) is -0.661. The van der Waals surface area contributed by atoms with Crippen LogP contribution in [0.25, 0.3) is 0 Å². The van der Waals surface area contributed by atoms with Crippen LogP contribution in [0.2, 0.25) is 0 Å². The fourth-order valence-corrected chi connectivity index (χ4v) is 2.20. The van der Waals surface area contributed by atoms with Crippen LogP contribution in [0.1, 0.15) is 6.42 Å². The van der Waals surface area contributed by atoms with Gasteiger partial charge in [0.25, 0.3) is 0 Å². The van der Waals surface area contributed by atoms with Crippen molar-refractivity contribution in [1.29, 1.82) is 0 Å². The molecule has 2 heterocycles. The molecule has 1 fully saturated rings. The third kappa shape index (κ3) is 3.37. The number of ether oxygens (including phenoxy) is 2. The molecule has 0 saturated carbocycles. The number of hydrogen-bond acceptors (Lipinski definition) is 7. The smallest absolute Gasteiger partial charge is 0.311 e.